The SMILES string of the molecule is CC(C)c1c(C(=O)NS(C)(=O)=O)cnn1Cc1ccccc1. The predicted molar refractivity (Wildman–Crippen MR) is 84.2 cm³/mol. The highest BCUT2D eigenvalue weighted by Crippen LogP contribution is 2.20. The van der Waals surface area contributed by atoms with Gasteiger partial charge in [-0.25, -0.2) is 13.1 Å². The molecule has 1 aromatic carbocycles. The highest BCUT2D eigenvalue weighted by atomic mass is 32.2. The molecule has 0 spiro atoms. The summed E-state index contributed by atoms with van der Waals surface area (Å²) in [7, 11) is -3.60. The molecule has 0 aliphatic rings. The minimum atomic E-state index is -3.60. The lowest BCUT2D eigenvalue weighted by Crippen LogP contribution is -2.30. The smallest absolute Gasteiger partial charge is 0.268 e. The molecule has 1 N–H and O–H groups in total. The van der Waals surface area contributed by atoms with Crippen LogP contribution in [0.1, 0.15) is 41.4 Å². The molecule has 6 nitrogen and oxygen atoms in total. The first-order valence-corrected chi connectivity index (χ1v) is 8.79. The molecule has 22 heavy (non-hydrogen) atoms. The van der Waals surface area contributed by atoms with Crippen LogP contribution >= 0.6 is 0 Å². The van der Waals surface area contributed by atoms with Crippen LogP contribution in [0, 0.1) is 0 Å². The van der Waals surface area contributed by atoms with Gasteiger partial charge in [-0.2, -0.15) is 5.10 Å². The van der Waals surface area contributed by atoms with E-state index in [1.165, 1.54) is 6.20 Å². The summed E-state index contributed by atoms with van der Waals surface area (Å²) in [5.41, 5.74) is 2.06. The number of nitrogens with zero attached hydrogens (tertiary/aromatic N) is 2. The number of hydrogen-bond acceptors (Lipinski definition) is 4. The van der Waals surface area contributed by atoms with Crippen LogP contribution in [0.25, 0.3) is 0 Å². The Hall–Kier alpha value is -2.15. The van der Waals surface area contributed by atoms with Crippen LogP contribution < -0.4 is 4.72 Å². The summed E-state index contributed by atoms with van der Waals surface area (Å²) in [6, 6.07) is 9.75. The summed E-state index contributed by atoms with van der Waals surface area (Å²) in [5.74, 6) is -0.614. The van der Waals surface area contributed by atoms with Gasteiger partial charge in [0, 0.05) is 0 Å². The van der Waals surface area contributed by atoms with E-state index in [1.54, 1.807) is 4.68 Å². The van der Waals surface area contributed by atoms with Crippen molar-refractivity contribution in [3.63, 3.8) is 0 Å². The molecule has 0 bridgehead atoms. The Morgan fingerprint density at radius 1 is 1.27 bits per heavy atom. The Bertz CT molecular complexity index is 765. The maximum atomic E-state index is 12.1. The largest absolute Gasteiger partial charge is 0.268 e. The van der Waals surface area contributed by atoms with Gasteiger partial charge in [0.2, 0.25) is 10.0 Å². The van der Waals surface area contributed by atoms with E-state index in [0.717, 1.165) is 11.8 Å². The van der Waals surface area contributed by atoms with Gasteiger partial charge in [-0.3, -0.25) is 9.48 Å². The van der Waals surface area contributed by atoms with Crippen LogP contribution in [0.3, 0.4) is 0 Å². The van der Waals surface area contributed by atoms with Crippen molar-refractivity contribution >= 4 is 15.9 Å². The minimum absolute atomic E-state index is 0.0338. The van der Waals surface area contributed by atoms with E-state index < -0.39 is 15.9 Å². The number of carbonyl (C=O) groups is 1. The van der Waals surface area contributed by atoms with Gasteiger partial charge >= 0.3 is 0 Å². The summed E-state index contributed by atoms with van der Waals surface area (Å²) >= 11 is 0. The molecule has 1 aromatic heterocycles. The average Bonchev–Trinajstić information content (AvgIpc) is 2.82. The van der Waals surface area contributed by atoms with Crippen molar-refractivity contribution in [3.05, 3.63) is 53.3 Å². The van der Waals surface area contributed by atoms with Gasteiger partial charge in [-0.15, -0.1) is 0 Å². The molecule has 1 amide bonds. The fourth-order valence-corrected chi connectivity index (χ4v) is 2.73. The molecular weight excluding hydrogens is 302 g/mol. The van der Waals surface area contributed by atoms with Gasteiger partial charge in [0.1, 0.15) is 0 Å². The monoisotopic (exact) mass is 321 g/mol. The average molecular weight is 321 g/mol. The molecule has 0 radical (unpaired) electrons. The van der Waals surface area contributed by atoms with Crippen LogP contribution in [0.15, 0.2) is 36.5 Å². The summed E-state index contributed by atoms with van der Waals surface area (Å²) in [4.78, 5) is 12.1. The standard InChI is InChI=1S/C15H19N3O3S/c1-11(2)14-13(15(19)17-22(3,20)21)9-16-18(14)10-12-7-5-4-6-8-12/h4-9,11H,10H2,1-3H3,(H,17,19). The zero-order chi connectivity index (χ0) is 16.3. The quantitative estimate of drug-likeness (QED) is 0.909. The maximum absolute atomic E-state index is 12.1. The lowest BCUT2D eigenvalue weighted by atomic mass is 10.1. The Morgan fingerprint density at radius 3 is 2.45 bits per heavy atom. The van der Waals surface area contributed by atoms with Crippen LogP contribution in [0.5, 0.6) is 0 Å². The second kappa shape index (κ2) is 6.31. The third-order valence-corrected chi connectivity index (χ3v) is 3.68. The number of carbonyl (C=O) groups excluding carboxylic acids is 1. The first kappa shape index (κ1) is 16.2. The van der Waals surface area contributed by atoms with E-state index in [-0.39, 0.29) is 11.5 Å². The summed E-state index contributed by atoms with van der Waals surface area (Å²) in [6.45, 7) is 4.41. The van der Waals surface area contributed by atoms with Crippen LogP contribution in [0.2, 0.25) is 0 Å². The maximum Gasteiger partial charge on any atom is 0.268 e. The molecular formula is C15H19N3O3S. The molecule has 1 heterocycles. The zero-order valence-corrected chi connectivity index (χ0v) is 13.6. The van der Waals surface area contributed by atoms with Crippen molar-refractivity contribution in [3.8, 4) is 0 Å². The van der Waals surface area contributed by atoms with E-state index >= 15 is 0 Å². The van der Waals surface area contributed by atoms with Crippen molar-refractivity contribution in [1.82, 2.24) is 14.5 Å². The number of amides is 1. The second-order valence-corrected chi connectivity index (χ2v) is 7.19. The molecule has 0 atom stereocenters. The zero-order valence-electron chi connectivity index (χ0n) is 12.8. The van der Waals surface area contributed by atoms with Crippen molar-refractivity contribution < 1.29 is 13.2 Å². The number of aromatic nitrogens is 2. The number of nitrogens with one attached hydrogen (secondary N) is 1. The third-order valence-electron chi connectivity index (χ3n) is 3.13. The van der Waals surface area contributed by atoms with E-state index in [4.69, 9.17) is 0 Å². The summed E-state index contributed by atoms with van der Waals surface area (Å²) < 4.78 is 26.2. The van der Waals surface area contributed by atoms with Gasteiger partial charge in [0.15, 0.2) is 0 Å². The van der Waals surface area contributed by atoms with Crippen molar-refractivity contribution in [2.45, 2.75) is 26.3 Å². The van der Waals surface area contributed by atoms with Gasteiger partial charge < -0.3 is 0 Å². The van der Waals surface area contributed by atoms with E-state index in [2.05, 4.69) is 5.10 Å². The molecule has 0 aliphatic heterocycles. The van der Waals surface area contributed by atoms with Gasteiger partial charge in [-0.05, 0) is 11.5 Å². The molecule has 0 saturated heterocycles. The topological polar surface area (TPSA) is 81.1 Å². The van der Waals surface area contributed by atoms with Crippen LogP contribution in [0.4, 0.5) is 0 Å². The molecule has 0 unspecified atom stereocenters. The Morgan fingerprint density at radius 2 is 1.91 bits per heavy atom. The first-order valence-electron chi connectivity index (χ1n) is 6.89. The second-order valence-electron chi connectivity index (χ2n) is 5.44. The Labute approximate surface area is 130 Å². The summed E-state index contributed by atoms with van der Waals surface area (Å²) in [5, 5.41) is 4.24. The normalized spacial score (nSPS) is 11.6. The molecule has 7 heteroatoms. The third kappa shape index (κ3) is 3.94. The fraction of sp³-hybridized carbons (Fsp3) is 0.333. The summed E-state index contributed by atoms with van der Waals surface area (Å²) in [6.07, 6.45) is 2.37. The van der Waals surface area contributed by atoms with E-state index in [9.17, 15) is 13.2 Å². The van der Waals surface area contributed by atoms with Crippen molar-refractivity contribution in [1.29, 1.82) is 0 Å². The molecule has 0 saturated carbocycles. The minimum Gasteiger partial charge on any atom is -0.268 e. The molecule has 2 rings (SSSR count). The molecule has 0 aliphatic carbocycles. The number of rotatable bonds is 5. The van der Waals surface area contributed by atoms with Crippen molar-refractivity contribution in [2.24, 2.45) is 0 Å². The Kier molecular flexibility index (Phi) is 4.65. The highest BCUT2D eigenvalue weighted by molar-refractivity contribution is 7.89. The fourth-order valence-electron chi connectivity index (χ4n) is 2.28. The molecule has 0 fully saturated rings. The van der Waals surface area contributed by atoms with Crippen LogP contribution in [-0.4, -0.2) is 30.4 Å². The number of sulfonamides is 1. The lowest BCUT2D eigenvalue weighted by molar-refractivity contribution is 0.0980. The van der Waals surface area contributed by atoms with Crippen molar-refractivity contribution in [2.75, 3.05) is 6.26 Å². The van der Waals surface area contributed by atoms with Gasteiger partial charge in [-0.1, -0.05) is 44.2 Å². The van der Waals surface area contributed by atoms with Crippen LogP contribution in [-0.2, 0) is 16.6 Å². The number of hydrogen-bond donors (Lipinski definition) is 1. The van der Waals surface area contributed by atoms with Gasteiger partial charge in [0.25, 0.3) is 5.91 Å². The first-order chi connectivity index (χ1) is 10.3. The lowest BCUT2D eigenvalue weighted by Gasteiger charge is -2.12. The van der Waals surface area contributed by atoms with Gasteiger partial charge in [0.05, 0.1) is 30.3 Å². The highest BCUT2D eigenvalue weighted by Gasteiger charge is 2.22. The van der Waals surface area contributed by atoms with E-state index in [0.29, 0.717) is 12.2 Å². The predicted octanol–water partition coefficient (Wildman–Crippen LogP) is 1.74. The molecule has 118 valence electrons. The molecule has 2 aromatic rings. The number of benzene rings is 1. The Balaban J connectivity index is 2.35. The van der Waals surface area contributed by atoms with E-state index in [1.807, 2.05) is 48.9 Å².